The molecule has 0 aliphatic carbocycles. The first-order valence-electron chi connectivity index (χ1n) is 7.14. The van der Waals surface area contributed by atoms with E-state index in [1.807, 2.05) is 0 Å². The van der Waals surface area contributed by atoms with Crippen LogP contribution in [0.2, 0.25) is 0 Å². The van der Waals surface area contributed by atoms with Gasteiger partial charge in [-0.15, -0.1) is 0 Å². The van der Waals surface area contributed by atoms with Gasteiger partial charge in [-0.05, 0) is 24.1 Å². The van der Waals surface area contributed by atoms with Gasteiger partial charge in [-0.1, -0.05) is 24.3 Å². The zero-order valence-electron chi connectivity index (χ0n) is 11.8. The summed E-state index contributed by atoms with van der Waals surface area (Å²) >= 11 is 0. The maximum Gasteiger partial charge on any atom is 0.397 e. The summed E-state index contributed by atoms with van der Waals surface area (Å²) in [6.07, 6.45) is -4.02. The van der Waals surface area contributed by atoms with Crippen LogP contribution in [0, 0.1) is 0 Å². The molecule has 0 bridgehead atoms. The highest BCUT2D eigenvalue weighted by Gasteiger charge is 2.48. The molecule has 1 aromatic rings. The molecule has 1 fully saturated rings. The lowest BCUT2D eigenvalue weighted by molar-refractivity contribution is -0.154. The molecule has 0 aromatic heterocycles. The molecular weight excluding hydrogens is 317 g/mol. The number of nitrogens with one attached hydrogen (secondary N) is 1. The summed E-state index contributed by atoms with van der Waals surface area (Å²) in [6.45, 7) is 0.370. The van der Waals surface area contributed by atoms with Crippen LogP contribution in [0.1, 0.15) is 23.5 Å². The fraction of sp³-hybridized carbons (Fsp3) is 0.571. The minimum atomic E-state index is -4.46. The van der Waals surface area contributed by atoms with Crippen LogP contribution in [0.25, 0.3) is 0 Å². The highest BCUT2D eigenvalue weighted by molar-refractivity contribution is 7.89. The third-order valence-corrected chi connectivity index (χ3v) is 6.60. The molecule has 1 N–H and O–H groups in total. The Balaban J connectivity index is 1.96. The average Bonchev–Trinajstić information content (AvgIpc) is 3.00. The van der Waals surface area contributed by atoms with E-state index in [2.05, 4.69) is 5.32 Å². The monoisotopic (exact) mass is 334 g/mol. The molecule has 2 heterocycles. The number of sulfonamides is 1. The van der Waals surface area contributed by atoms with Crippen LogP contribution < -0.4 is 5.32 Å². The first kappa shape index (κ1) is 15.8. The Bertz CT molecular complexity index is 654. The zero-order chi connectivity index (χ0) is 16.0. The Morgan fingerprint density at radius 2 is 1.95 bits per heavy atom. The minimum absolute atomic E-state index is 0.0155. The smallest absolute Gasteiger partial charge is 0.315 e. The van der Waals surface area contributed by atoms with Crippen molar-refractivity contribution in [2.45, 2.75) is 30.3 Å². The number of hydrogen-bond acceptors (Lipinski definition) is 3. The van der Waals surface area contributed by atoms with Gasteiger partial charge in [0.15, 0.2) is 0 Å². The molecule has 1 saturated heterocycles. The lowest BCUT2D eigenvalue weighted by Gasteiger charge is -2.36. The van der Waals surface area contributed by atoms with E-state index < -0.39 is 33.9 Å². The van der Waals surface area contributed by atoms with E-state index in [0.717, 1.165) is 4.31 Å². The van der Waals surface area contributed by atoms with Gasteiger partial charge in [0.25, 0.3) is 0 Å². The van der Waals surface area contributed by atoms with E-state index >= 15 is 0 Å². The van der Waals surface area contributed by atoms with Crippen LogP contribution >= 0.6 is 0 Å². The molecule has 122 valence electrons. The lowest BCUT2D eigenvalue weighted by atomic mass is 9.90. The van der Waals surface area contributed by atoms with Gasteiger partial charge in [0.1, 0.15) is 0 Å². The molecule has 2 unspecified atom stereocenters. The lowest BCUT2D eigenvalue weighted by Crippen LogP contribution is -2.46. The molecule has 1 aromatic carbocycles. The van der Waals surface area contributed by atoms with Gasteiger partial charge in [-0.2, -0.15) is 17.5 Å². The number of hydrogen-bond donors (Lipinski definition) is 1. The molecule has 0 radical (unpaired) electrons. The first-order valence-corrected chi connectivity index (χ1v) is 8.64. The summed E-state index contributed by atoms with van der Waals surface area (Å²) < 4.78 is 66.2. The molecule has 4 nitrogen and oxygen atoms in total. The van der Waals surface area contributed by atoms with Crippen molar-refractivity contribution in [3.63, 3.8) is 0 Å². The van der Waals surface area contributed by atoms with Crippen molar-refractivity contribution in [3.05, 3.63) is 35.4 Å². The van der Waals surface area contributed by atoms with E-state index in [1.54, 1.807) is 18.2 Å². The van der Waals surface area contributed by atoms with Gasteiger partial charge >= 0.3 is 6.18 Å². The summed E-state index contributed by atoms with van der Waals surface area (Å²) in [6, 6.07) is 6.21. The van der Waals surface area contributed by atoms with Crippen LogP contribution in [0.15, 0.2) is 24.3 Å². The largest absolute Gasteiger partial charge is 0.397 e. The van der Waals surface area contributed by atoms with Crippen molar-refractivity contribution in [2.75, 3.05) is 19.6 Å². The van der Waals surface area contributed by atoms with E-state index in [9.17, 15) is 21.6 Å². The predicted molar refractivity (Wildman–Crippen MR) is 75.8 cm³/mol. The second-order valence-electron chi connectivity index (χ2n) is 5.75. The molecule has 2 aliphatic rings. The van der Waals surface area contributed by atoms with E-state index in [0.29, 0.717) is 25.1 Å². The average molecular weight is 334 g/mol. The van der Waals surface area contributed by atoms with Crippen LogP contribution in [0.3, 0.4) is 0 Å². The van der Waals surface area contributed by atoms with Gasteiger partial charge in [0, 0.05) is 19.6 Å². The van der Waals surface area contributed by atoms with E-state index in [1.165, 1.54) is 6.07 Å². The molecule has 22 heavy (non-hydrogen) atoms. The third kappa shape index (κ3) is 2.75. The van der Waals surface area contributed by atoms with Gasteiger partial charge in [0.2, 0.25) is 10.0 Å². The third-order valence-electron chi connectivity index (χ3n) is 4.35. The van der Waals surface area contributed by atoms with Crippen molar-refractivity contribution in [1.29, 1.82) is 0 Å². The molecule has 8 heteroatoms. The van der Waals surface area contributed by atoms with Crippen LogP contribution in [0.4, 0.5) is 13.2 Å². The van der Waals surface area contributed by atoms with Crippen molar-refractivity contribution in [1.82, 2.24) is 9.62 Å². The van der Waals surface area contributed by atoms with Crippen molar-refractivity contribution >= 4 is 10.0 Å². The van der Waals surface area contributed by atoms with Crippen molar-refractivity contribution < 1.29 is 21.6 Å². The molecule has 0 spiro atoms. The second kappa shape index (κ2) is 5.50. The maximum absolute atomic E-state index is 13.3. The SMILES string of the molecule is O=S(=O)(C1CCNC1)N1Cc2ccccc2C(C(F)(F)F)C1. The maximum atomic E-state index is 13.3. The summed E-state index contributed by atoms with van der Waals surface area (Å²) in [5.74, 6) is -1.76. The van der Waals surface area contributed by atoms with Gasteiger partial charge in [-0.3, -0.25) is 0 Å². The predicted octanol–water partition coefficient (Wildman–Crippen LogP) is 1.84. The fourth-order valence-electron chi connectivity index (χ4n) is 3.14. The Labute approximate surface area is 127 Å². The Morgan fingerprint density at radius 3 is 2.59 bits per heavy atom. The number of nitrogens with zero attached hydrogens (tertiary/aromatic N) is 1. The Kier molecular flexibility index (Phi) is 3.94. The number of fused-ring (bicyclic) bond motifs is 1. The topological polar surface area (TPSA) is 49.4 Å². The van der Waals surface area contributed by atoms with Crippen molar-refractivity contribution in [3.8, 4) is 0 Å². The van der Waals surface area contributed by atoms with Crippen LogP contribution in [-0.2, 0) is 16.6 Å². The highest BCUT2D eigenvalue weighted by Crippen LogP contribution is 2.41. The fourth-order valence-corrected chi connectivity index (χ4v) is 4.98. The molecular formula is C14H17F3N2O2S. The Hall–Kier alpha value is -1.12. The summed E-state index contributed by atoms with van der Waals surface area (Å²) in [4.78, 5) is 0. The van der Waals surface area contributed by atoms with Gasteiger partial charge in [0.05, 0.1) is 11.2 Å². The normalized spacial score (nSPS) is 26.9. The number of benzene rings is 1. The molecule has 3 rings (SSSR count). The summed E-state index contributed by atoms with van der Waals surface area (Å²) in [5, 5.41) is 2.32. The molecule has 2 aliphatic heterocycles. The number of rotatable bonds is 2. The zero-order valence-corrected chi connectivity index (χ0v) is 12.6. The number of alkyl halides is 3. The first-order chi connectivity index (χ1) is 10.3. The summed E-state index contributed by atoms with van der Waals surface area (Å²) in [7, 11) is -3.73. The van der Waals surface area contributed by atoms with Gasteiger partial charge in [-0.25, -0.2) is 8.42 Å². The Morgan fingerprint density at radius 1 is 1.23 bits per heavy atom. The van der Waals surface area contributed by atoms with Crippen LogP contribution in [0.5, 0.6) is 0 Å². The number of halogens is 3. The summed E-state index contributed by atoms with van der Waals surface area (Å²) in [5.41, 5.74) is 0.622. The standard InChI is InChI=1S/C14H17F3N2O2S/c15-14(16,17)13-9-19(8-10-3-1-2-4-12(10)13)22(20,21)11-5-6-18-7-11/h1-4,11,13,18H,5-9H2. The van der Waals surface area contributed by atoms with Crippen LogP contribution in [-0.4, -0.2) is 43.8 Å². The molecule has 2 atom stereocenters. The second-order valence-corrected chi connectivity index (χ2v) is 7.96. The molecule has 0 saturated carbocycles. The highest BCUT2D eigenvalue weighted by atomic mass is 32.2. The minimum Gasteiger partial charge on any atom is -0.315 e. The quantitative estimate of drug-likeness (QED) is 0.898. The molecule has 0 amide bonds. The van der Waals surface area contributed by atoms with Crippen molar-refractivity contribution in [2.24, 2.45) is 0 Å². The van der Waals surface area contributed by atoms with E-state index in [4.69, 9.17) is 0 Å². The van der Waals surface area contributed by atoms with Gasteiger partial charge < -0.3 is 5.32 Å². The van der Waals surface area contributed by atoms with E-state index in [-0.39, 0.29) is 12.1 Å².